The van der Waals surface area contributed by atoms with Gasteiger partial charge in [-0.2, -0.15) is 5.10 Å². The van der Waals surface area contributed by atoms with Gasteiger partial charge in [0.15, 0.2) is 0 Å². The number of aryl methyl sites for hydroxylation is 1. The average molecular weight is 259 g/mol. The van der Waals surface area contributed by atoms with Gasteiger partial charge in [0, 0.05) is 25.5 Å². The summed E-state index contributed by atoms with van der Waals surface area (Å²) in [6.45, 7) is 3.38. The summed E-state index contributed by atoms with van der Waals surface area (Å²) in [5.41, 5.74) is 2.25. The summed E-state index contributed by atoms with van der Waals surface area (Å²) in [4.78, 5) is 2.19. The Morgan fingerprint density at radius 1 is 1.26 bits per heavy atom. The summed E-state index contributed by atoms with van der Waals surface area (Å²) in [6.07, 6.45) is 2.25. The van der Waals surface area contributed by atoms with E-state index in [-0.39, 0.29) is 6.10 Å². The molecule has 0 aliphatic carbocycles. The number of benzene rings is 1. The molecule has 0 bridgehead atoms. The highest BCUT2D eigenvalue weighted by molar-refractivity contribution is 5.46. The number of anilines is 1. The molecule has 4 nitrogen and oxygen atoms in total. The zero-order valence-corrected chi connectivity index (χ0v) is 11.5. The molecule has 0 aliphatic rings. The van der Waals surface area contributed by atoms with Crippen molar-refractivity contribution in [3.63, 3.8) is 0 Å². The first kappa shape index (κ1) is 13.6. The Morgan fingerprint density at radius 3 is 2.58 bits per heavy atom. The molecule has 102 valence electrons. The molecule has 0 saturated heterocycles. The highest BCUT2D eigenvalue weighted by Gasteiger charge is 2.13. The van der Waals surface area contributed by atoms with Gasteiger partial charge in [-0.15, -0.1) is 0 Å². The average Bonchev–Trinajstić information content (AvgIpc) is 2.84. The fraction of sp³-hybridized carbons (Fsp3) is 0.400. The topological polar surface area (TPSA) is 41.3 Å². The fourth-order valence-corrected chi connectivity index (χ4v) is 2.04. The van der Waals surface area contributed by atoms with Gasteiger partial charge >= 0.3 is 0 Å². The van der Waals surface area contributed by atoms with Gasteiger partial charge in [0.25, 0.3) is 0 Å². The monoisotopic (exact) mass is 259 g/mol. The van der Waals surface area contributed by atoms with Gasteiger partial charge in [-0.25, -0.2) is 0 Å². The zero-order chi connectivity index (χ0) is 13.7. The Kier molecular flexibility index (Phi) is 4.58. The second-order valence-corrected chi connectivity index (χ2v) is 4.72. The molecule has 1 aromatic carbocycles. The van der Waals surface area contributed by atoms with Crippen LogP contribution in [0, 0.1) is 0 Å². The summed E-state index contributed by atoms with van der Waals surface area (Å²) in [5, 5.41) is 14.1. The molecule has 2 rings (SSSR count). The number of rotatable bonds is 6. The molecule has 1 aromatic heterocycles. The molecule has 1 heterocycles. The molecule has 2 aromatic rings. The van der Waals surface area contributed by atoms with Gasteiger partial charge in [-0.1, -0.05) is 25.1 Å². The third kappa shape index (κ3) is 3.58. The van der Waals surface area contributed by atoms with E-state index in [1.165, 1.54) is 0 Å². The molecule has 4 heteroatoms. The first-order chi connectivity index (χ1) is 9.20. The first-order valence-electron chi connectivity index (χ1n) is 6.65. The smallest absolute Gasteiger partial charge is 0.0712 e. The lowest BCUT2D eigenvalue weighted by atomic mass is 10.2. The van der Waals surface area contributed by atoms with Gasteiger partial charge in [-0.05, 0) is 24.6 Å². The van der Waals surface area contributed by atoms with E-state index in [1.807, 2.05) is 42.9 Å². The fourth-order valence-electron chi connectivity index (χ4n) is 2.04. The van der Waals surface area contributed by atoms with Crippen LogP contribution < -0.4 is 4.90 Å². The Morgan fingerprint density at radius 2 is 2.00 bits per heavy atom. The quantitative estimate of drug-likeness (QED) is 0.864. The van der Waals surface area contributed by atoms with E-state index in [2.05, 4.69) is 22.1 Å². The van der Waals surface area contributed by atoms with Crippen LogP contribution in [0.5, 0.6) is 0 Å². The van der Waals surface area contributed by atoms with E-state index in [0.29, 0.717) is 6.54 Å². The highest BCUT2D eigenvalue weighted by Crippen LogP contribution is 2.17. The minimum absolute atomic E-state index is 0.312. The van der Waals surface area contributed by atoms with Crippen LogP contribution in [0.15, 0.2) is 42.6 Å². The van der Waals surface area contributed by atoms with Crippen LogP contribution in [0.1, 0.15) is 19.0 Å². The summed E-state index contributed by atoms with van der Waals surface area (Å²) >= 11 is 0. The molecule has 0 fully saturated rings. The van der Waals surface area contributed by atoms with E-state index < -0.39 is 0 Å². The molecule has 0 aliphatic heterocycles. The van der Waals surface area contributed by atoms with E-state index in [4.69, 9.17) is 0 Å². The molecule has 19 heavy (non-hydrogen) atoms. The van der Waals surface area contributed by atoms with Crippen molar-refractivity contribution in [2.45, 2.75) is 26.0 Å². The van der Waals surface area contributed by atoms with E-state index in [1.54, 1.807) is 6.20 Å². The minimum atomic E-state index is -0.312. The molecule has 0 spiro atoms. The molecule has 1 atom stereocenters. The van der Waals surface area contributed by atoms with Gasteiger partial charge < -0.3 is 10.0 Å². The Labute approximate surface area is 114 Å². The van der Waals surface area contributed by atoms with Crippen LogP contribution in [0.25, 0.3) is 0 Å². The number of nitrogens with zero attached hydrogens (tertiary/aromatic N) is 3. The third-order valence-electron chi connectivity index (χ3n) is 3.30. The number of hydrogen-bond donors (Lipinski definition) is 1. The summed E-state index contributed by atoms with van der Waals surface area (Å²) < 4.78 is 1.87. The van der Waals surface area contributed by atoms with E-state index >= 15 is 0 Å². The maximum atomic E-state index is 9.92. The minimum Gasteiger partial charge on any atom is -0.391 e. The lowest BCUT2D eigenvalue weighted by Gasteiger charge is -2.27. The van der Waals surface area contributed by atoms with Crippen LogP contribution in [-0.4, -0.2) is 27.5 Å². The standard InChI is InChI=1S/C15H21N3O/c1-3-15(19)12-18(13-7-5-4-6-8-13)11-14-9-10-16-17(14)2/h4-10,15,19H,3,11-12H2,1-2H3. The molecule has 0 radical (unpaired) electrons. The van der Waals surface area contributed by atoms with Crippen molar-refractivity contribution in [1.29, 1.82) is 0 Å². The Hall–Kier alpha value is -1.81. The first-order valence-corrected chi connectivity index (χ1v) is 6.65. The van der Waals surface area contributed by atoms with Gasteiger partial charge in [-0.3, -0.25) is 4.68 Å². The van der Waals surface area contributed by atoms with Crippen LogP contribution in [-0.2, 0) is 13.6 Å². The zero-order valence-electron chi connectivity index (χ0n) is 11.5. The summed E-state index contributed by atoms with van der Waals surface area (Å²) in [5.74, 6) is 0. The number of para-hydroxylation sites is 1. The predicted octanol–water partition coefficient (Wildman–Crippen LogP) is 2.20. The molecule has 1 N–H and O–H groups in total. The van der Waals surface area contributed by atoms with Crippen LogP contribution in [0.4, 0.5) is 5.69 Å². The van der Waals surface area contributed by atoms with Crippen molar-refractivity contribution in [2.24, 2.45) is 7.05 Å². The summed E-state index contributed by atoms with van der Waals surface area (Å²) in [7, 11) is 1.94. The molecular weight excluding hydrogens is 238 g/mol. The van der Waals surface area contributed by atoms with Crippen molar-refractivity contribution in [3.8, 4) is 0 Å². The molecule has 0 amide bonds. The van der Waals surface area contributed by atoms with E-state index in [9.17, 15) is 5.11 Å². The maximum Gasteiger partial charge on any atom is 0.0712 e. The second kappa shape index (κ2) is 6.38. The Bertz CT molecular complexity index is 495. The van der Waals surface area contributed by atoms with Gasteiger partial charge in [0.1, 0.15) is 0 Å². The number of aliphatic hydroxyl groups excluding tert-OH is 1. The number of aliphatic hydroxyl groups is 1. The normalized spacial score (nSPS) is 12.4. The SMILES string of the molecule is CCC(O)CN(Cc1ccnn1C)c1ccccc1. The number of aromatic nitrogens is 2. The lowest BCUT2D eigenvalue weighted by molar-refractivity contribution is 0.175. The van der Waals surface area contributed by atoms with Crippen molar-refractivity contribution < 1.29 is 5.11 Å². The summed E-state index contributed by atoms with van der Waals surface area (Å²) in [6, 6.07) is 12.2. The van der Waals surface area contributed by atoms with Crippen LogP contribution in [0.3, 0.4) is 0 Å². The van der Waals surface area contributed by atoms with Crippen molar-refractivity contribution in [3.05, 3.63) is 48.3 Å². The molecular formula is C15H21N3O. The van der Waals surface area contributed by atoms with Crippen LogP contribution in [0.2, 0.25) is 0 Å². The van der Waals surface area contributed by atoms with Gasteiger partial charge in [0.2, 0.25) is 0 Å². The van der Waals surface area contributed by atoms with Crippen LogP contribution >= 0.6 is 0 Å². The predicted molar refractivity (Wildman–Crippen MR) is 77.0 cm³/mol. The van der Waals surface area contributed by atoms with Crippen molar-refractivity contribution in [1.82, 2.24) is 9.78 Å². The van der Waals surface area contributed by atoms with Crippen molar-refractivity contribution >= 4 is 5.69 Å². The maximum absolute atomic E-state index is 9.92. The third-order valence-corrected chi connectivity index (χ3v) is 3.30. The molecule has 0 saturated carbocycles. The number of hydrogen-bond acceptors (Lipinski definition) is 3. The van der Waals surface area contributed by atoms with Crippen molar-refractivity contribution in [2.75, 3.05) is 11.4 Å². The lowest BCUT2D eigenvalue weighted by Crippen LogP contribution is -2.32. The second-order valence-electron chi connectivity index (χ2n) is 4.72. The molecule has 1 unspecified atom stereocenters. The Balaban J connectivity index is 2.17. The highest BCUT2D eigenvalue weighted by atomic mass is 16.3. The van der Waals surface area contributed by atoms with E-state index in [0.717, 1.165) is 24.3 Å². The van der Waals surface area contributed by atoms with Gasteiger partial charge in [0.05, 0.1) is 18.3 Å². The largest absolute Gasteiger partial charge is 0.391 e.